The molecule has 0 unspecified atom stereocenters. The molecule has 142 valence electrons. The second kappa shape index (κ2) is 9.78. The number of para-hydroxylation sites is 1. The zero-order chi connectivity index (χ0) is 19.1. The van der Waals surface area contributed by atoms with Crippen molar-refractivity contribution in [3.05, 3.63) is 59.1 Å². The van der Waals surface area contributed by atoms with E-state index in [-0.39, 0.29) is 23.7 Å². The molecule has 0 aliphatic carbocycles. The monoisotopic (exact) mass is 404 g/mol. The van der Waals surface area contributed by atoms with Crippen molar-refractivity contribution in [1.82, 2.24) is 5.32 Å². The van der Waals surface area contributed by atoms with E-state index in [2.05, 4.69) is 10.6 Å². The van der Waals surface area contributed by atoms with E-state index in [1.807, 2.05) is 12.1 Å². The molecule has 2 aromatic carbocycles. The van der Waals surface area contributed by atoms with Crippen LogP contribution in [0.1, 0.15) is 23.2 Å². The number of benzene rings is 2. The number of hydrogen-bond donors (Lipinski definition) is 2. The average molecular weight is 405 g/mol. The molecule has 2 amide bonds. The van der Waals surface area contributed by atoms with Crippen LogP contribution in [0.3, 0.4) is 0 Å². The maximum atomic E-state index is 12.5. The molecule has 1 fully saturated rings. The summed E-state index contributed by atoms with van der Waals surface area (Å²) < 4.78 is 5.52. The van der Waals surface area contributed by atoms with Crippen LogP contribution in [0.25, 0.3) is 0 Å². The first-order valence-electron chi connectivity index (χ1n) is 8.79. The highest BCUT2D eigenvalue weighted by atomic mass is 35.5. The van der Waals surface area contributed by atoms with E-state index in [0.717, 1.165) is 24.3 Å². The molecule has 1 saturated heterocycles. The number of hydrogen-bond acceptors (Lipinski definition) is 4. The average Bonchev–Trinajstić information content (AvgIpc) is 3.20. The van der Waals surface area contributed by atoms with E-state index in [0.29, 0.717) is 22.8 Å². The molecule has 0 bridgehead atoms. The number of halogens is 1. The minimum atomic E-state index is -0.216. The maximum Gasteiger partial charge on any atom is 0.253 e. The maximum absolute atomic E-state index is 12.5. The van der Waals surface area contributed by atoms with E-state index >= 15 is 0 Å². The van der Waals surface area contributed by atoms with E-state index < -0.39 is 0 Å². The Bertz CT molecular complexity index is 792. The Labute approximate surface area is 167 Å². The molecule has 0 aromatic heterocycles. The fourth-order valence-electron chi connectivity index (χ4n) is 2.76. The summed E-state index contributed by atoms with van der Waals surface area (Å²) in [6, 6.07) is 14.3. The third-order valence-corrected chi connectivity index (χ3v) is 5.41. The van der Waals surface area contributed by atoms with Gasteiger partial charge in [0.05, 0.1) is 23.1 Å². The lowest BCUT2D eigenvalue weighted by Crippen LogP contribution is -2.32. The quantitative estimate of drug-likeness (QED) is 0.685. The summed E-state index contributed by atoms with van der Waals surface area (Å²) in [6.07, 6.45) is 2.06. The van der Waals surface area contributed by atoms with Crippen LogP contribution in [0, 0.1) is 0 Å². The topological polar surface area (TPSA) is 67.4 Å². The lowest BCUT2D eigenvalue weighted by molar-refractivity contribution is -0.113. The summed E-state index contributed by atoms with van der Waals surface area (Å²) in [5.41, 5.74) is 0.949. The molecule has 1 atom stereocenters. The van der Waals surface area contributed by atoms with Crippen molar-refractivity contribution >= 4 is 40.9 Å². The van der Waals surface area contributed by atoms with Gasteiger partial charge < -0.3 is 15.4 Å². The van der Waals surface area contributed by atoms with Crippen LogP contribution in [0.2, 0.25) is 5.02 Å². The molecule has 1 aliphatic heterocycles. The van der Waals surface area contributed by atoms with Gasteiger partial charge in [-0.1, -0.05) is 23.7 Å². The lowest BCUT2D eigenvalue weighted by Gasteiger charge is -2.13. The summed E-state index contributed by atoms with van der Waals surface area (Å²) in [4.78, 5) is 25.7. The van der Waals surface area contributed by atoms with Crippen LogP contribution >= 0.6 is 23.4 Å². The number of amides is 2. The summed E-state index contributed by atoms with van der Waals surface area (Å²) in [5.74, 6) is -0.144. The number of nitrogens with one attached hydrogen (secondary N) is 2. The first-order chi connectivity index (χ1) is 13.1. The van der Waals surface area contributed by atoms with Gasteiger partial charge in [-0.2, -0.15) is 0 Å². The standard InChI is InChI=1S/C20H21ClN2O3S/c21-14-7-9-16(10-8-14)27-13-19(24)23-18-6-2-1-5-17(18)20(25)22-12-15-4-3-11-26-15/h1-2,5-10,15H,3-4,11-13H2,(H,22,25)(H,23,24)/t15-/m0/s1. The van der Waals surface area contributed by atoms with Gasteiger partial charge in [-0.15, -0.1) is 11.8 Å². The molecule has 1 aliphatic rings. The van der Waals surface area contributed by atoms with Crippen molar-refractivity contribution in [3.8, 4) is 0 Å². The highest BCUT2D eigenvalue weighted by Gasteiger charge is 2.18. The van der Waals surface area contributed by atoms with Gasteiger partial charge in [-0.3, -0.25) is 9.59 Å². The predicted octanol–water partition coefficient (Wildman–Crippen LogP) is 3.98. The van der Waals surface area contributed by atoms with Crippen molar-refractivity contribution in [2.45, 2.75) is 23.8 Å². The Hall–Kier alpha value is -2.02. The minimum absolute atomic E-state index is 0.0754. The van der Waals surface area contributed by atoms with Gasteiger partial charge >= 0.3 is 0 Å². The normalized spacial score (nSPS) is 16.1. The van der Waals surface area contributed by atoms with Crippen molar-refractivity contribution in [3.63, 3.8) is 0 Å². The molecule has 5 nitrogen and oxygen atoms in total. The van der Waals surface area contributed by atoms with Gasteiger partial charge in [0.15, 0.2) is 0 Å². The number of ether oxygens (including phenoxy) is 1. The van der Waals surface area contributed by atoms with Crippen LogP contribution in [0.5, 0.6) is 0 Å². The van der Waals surface area contributed by atoms with E-state index in [1.54, 1.807) is 36.4 Å². The third kappa shape index (κ3) is 5.99. The van der Waals surface area contributed by atoms with Crippen molar-refractivity contribution in [1.29, 1.82) is 0 Å². The molecule has 0 saturated carbocycles. The summed E-state index contributed by atoms with van der Waals surface area (Å²) in [7, 11) is 0. The Morgan fingerprint density at radius 1 is 1.15 bits per heavy atom. The van der Waals surface area contributed by atoms with E-state index in [9.17, 15) is 9.59 Å². The molecule has 3 rings (SSSR count). The highest BCUT2D eigenvalue weighted by Crippen LogP contribution is 2.21. The Kier molecular flexibility index (Phi) is 7.15. The molecule has 2 aromatic rings. The molecule has 1 heterocycles. The smallest absolute Gasteiger partial charge is 0.253 e. The first kappa shape index (κ1) is 19.7. The largest absolute Gasteiger partial charge is 0.376 e. The van der Waals surface area contributed by atoms with Crippen LogP contribution in [-0.2, 0) is 9.53 Å². The SMILES string of the molecule is O=C(CSc1ccc(Cl)cc1)Nc1ccccc1C(=O)NC[C@@H]1CCCO1. The molecular formula is C20H21ClN2O3S. The summed E-state index contributed by atoms with van der Waals surface area (Å²) in [5, 5.41) is 6.37. The van der Waals surface area contributed by atoms with Gasteiger partial charge in [-0.25, -0.2) is 0 Å². The van der Waals surface area contributed by atoms with Crippen LogP contribution in [0.4, 0.5) is 5.69 Å². The molecule has 0 radical (unpaired) electrons. The van der Waals surface area contributed by atoms with Gasteiger partial charge in [-0.05, 0) is 49.2 Å². The number of carbonyl (C=O) groups excluding carboxylic acids is 2. The molecule has 7 heteroatoms. The molecule has 27 heavy (non-hydrogen) atoms. The fraction of sp³-hybridized carbons (Fsp3) is 0.300. The summed E-state index contributed by atoms with van der Waals surface area (Å²) >= 11 is 7.27. The van der Waals surface area contributed by atoms with Crippen LogP contribution < -0.4 is 10.6 Å². The molecule has 0 spiro atoms. The summed E-state index contributed by atoms with van der Waals surface area (Å²) in [6.45, 7) is 1.23. The van der Waals surface area contributed by atoms with E-state index in [4.69, 9.17) is 16.3 Å². The predicted molar refractivity (Wildman–Crippen MR) is 109 cm³/mol. The highest BCUT2D eigenvalue weighted by molar-refractivity contribution is 8.00. The van der Waals surface area contributed by atoms with Crippen molar-refractivity contribution in [2.75, 3.05) is 24.2 Å². The fourth-order valence-corrected chi connectivity index (χ4v) is 3.59. The van der Waals surface area contributed by atoms with E-state index in [1.165, 1.54) is 11.8 Å². The number of thioether (sulfide) groups is 1. The minimum Gasteiger partial charge on any atom is -0.376 e. The van der Waals surface area contributed by atoms with Gasteiger partial charge in [0.1, 0.15) is 0 Å². The second-order valence-electron chi connectivity index (χ2n) is 6.18. The molecular weight excluding hydrogens is 384 g/mol. The first-order valence-corrected chi connectivity index (χ1v) is 10.2. The second-order valence-corrected chi connectivity index (χ2v) is 7.67. The number of anilines is 1. The zero-order valence-corrected chi connectivity index (χ0v) is 16.3. The Morgan fingerprint density at radius 2 is 1.93 bits per heavy atom. The Balaban J connectivity index is 1.55. The lowest BCUT2D eigenvalue weighted by atomic mass is 10.1. The zero-order valence-electron chi connectivity index (χ0n) is 14.7. The third-order valence-electron chi connectivity index (χ3n) is 4.14. The van der Waals surface area contributed by atoms with Crippen molar-refractivity contribution < 1.29 is 14.3 Å². The van der Waals surface area contributed by atoms with Gasteiger partial charge in [0.2, 0.25) is 5.91 Å². The van der Waals surface area contributed by atoms with Crippen molar-refractivity contribution in [2.24, 2.45) is 0 Å². The van der Waals surface area contributed by atoms with Crippen LogP contribution in [-0.4, -0.2) is 36.8 Å². The number of rotatable bonds is 7. The Morgan fingerprint density at radius 3 is 2.67 bits per heavy atom. The number of carbonyl (C=O) groups is 2. The van der Waals surface area contributed by atoms with Gasteiger partial charge in [0.25, 0.3) is 5.91 Å². The van der Waals surface area contributed by atoms with Crippen LogP contribution in [0.15, 0.2) is 53.4 Å². The molecule has 2 N–H and O–H groups in total. The van der Waals surface area contributed by atoms with Gasteiger partial charge in [0, 0.05) is 23.1 Å².